The number of ether oxygens (including phenoxy) is 1. The molecule has 0 aromatic carbocycles. The van der Waals surface area contributed by atoms with Crippen molar-refractivity contribution in [3.8, 4) is 0 Å². The lowest BCUT2D eigenvalue weighted by molar-refractivity contribution is -0.127. The van der Waals surface area contributed by atoms with E-state index in [1.54, 1.807) is 26.0 Å². The molecule has 7 heteroatoms. The summed E-state index contributed by atoms with van der Waals surface area (Å²) in [6.45, 7) is 5.47. The van der Waals surface area contributed by atoms with E-state index in [0.29, 0.717) is 24.0 Å². The number of likely N-dealkylation sites (N-methyl/N-ethyl adjacent to an activating group) is 1. The fourth-order valence-corrected chi connectivity index (χ4v) is 2.41. The van der Waals surface area contributed by atoms with Crippen molar-refractivity contribution < 1.29 is 9.53 Å². The summed E-state index contributed by atoms with van der Waals surface area (Å²) < 4.78 is 5.80. The summed E-state index contributed by atoms with van der Waals surface area (Å²) >= 11 is 0. The van der Waals surface area contributed by atoms with Gasteiger partial charge in [0.25, 0.3) is 0 Å². The number of rotatable bonds is 5. The van der Waals surface area contributed by atoms with Gasteiger partial charge in [0.15, 0.2) is 5.96 Å². The number of carbonyl (C=O) groups excluding carboxylic acids is 1. The second-order valence-corrected chi connectivity index (χ2v) is 6.20. The Hall–Kier alpha value is -0.570. The number of nitrogens with zero attached hydrogens (tertiary/aromatic N) is 2. The van der Waals surface area contributed by atoms with Crippen molar-refractivity contribution in [3.63, 3.8) is 0 Å². The molecule has 6 nitrogen and oxygen atoms in total. The van der Waals surface area contributed by atoms with Crippen molar-refractivity contribution in [2.75, 3.05) is 34.3 Å². The first-order valence-electron chi connectivity index (χ1n) is 7.71. The van der Waals surface area contributed by atoms with Crippen molar-refractivity contribution >= 4 is 35.8 Å². The summed E-state index contributed by atoms with van der Waals surface area (Å²) in [6.07, 6.45) is 3.36. The van der Waals surface area contributed by atoms with Gasteiger partial charge in [-0.2, -0.15) is 0 Å². The van der Waals surface area contributed by atoms with E-state index in [9.17, 15) is 4.79 Å². The second kappa shape index (κ2) is 11.0. The molecular formula is C15H31IN4O2. The predicted molar refractivity (Wildman–Crippen MR) is 101 cm³/mol. The molecular weight excluding hydrogens is 395 g/mol. The van der Waals surface area contributed by atoms with Gasteiger partial charge in [0.2, 0.25) is 5.91 Å². The van der Waals surface area contributed by atoms with Gasteiger partial charge in [0.05, 0.1) is 12.6 Å². The molecule has 1 aliphatic rings. The van der Waals surface area contributed by atoms with Crippen LogP contribution in [-0.2, 0) is 9.53 Å². The Balaban J connectivity index is 0.00000441. The van der Waals surface area contributed by atoms with Gasteiger partial charge in [-0.05, 0) is 25.2 Å². The van der Waals surface area contributed by atoms with Crippen molar-refractivity contribution in [1.82, 2.24) is 15.5 Å². The Labute approximate surface area is 151 Å². The minimum absolute atomic E-state index is 0. The quantitative estimate of drug-likeness (QED) is 0.397. The Morgan fingerprint density at radius 1 is 1.41 bits per heavy atom. The van der Waals surface area contributed by atoms with Gasteiger partial charge in [-0.25, -0.2) is 0 Å². The van der Waals surface area contributed by atoms with Gasteiger partial charge in [0, 0.05) is 33.8 Å². The largest absolute Gasteiger partial charge is 0.378 e. The van der Waals surface area contributed by atoms with Crippen LogP contribution < -0.4 is 10.6 Å². The number of hydrogen-bond acceptors (Lipinski definition) is 3. The third-order valence-electron chi connectivity index (χ3n) is 3.57. The average molecular weight is 426 g/mol. The molecule has 0 bridgehead atoms. The lowest BCUT2D eigenvalue weighted by Gasteiger charge is -2.32. The highest BCUT2D eigenvalue weighted by molar-refractivity contribution is 14.0. The number of nitrogens with one attached hydrogen (secondary N) is 2. The normalized spacial score (nSPS) is 22.0. The van der Waals surface area contributed by atoms with Crippen LogP contribution in [0.1, 0.15) is 33.1 Å². The van der Waals surface area contributed by atoms with Gasteiger partial charge in [-0.1, -0.05) is 13.8 Å². The zero-order chi connectivity index (χ0) is 15.8. The van der Waals surface area contributed by atoms with E-state index in [-0.39, 0.29) is 36.4 Å². The first-order chi connectivity index (χ1) is 9.92. The van der Waals surface area contributed by atoms with Crippen molar-refractivity contribution in [2.45, 2.75) is 45.3 Å². The average Bonchev–Trinajstić information content (AvgIpc) is 2.42. The molecule has 2 atom stereocenters. The third kappa shape index (κ3) is 8.17. The summed E-state index contributed by atoms with van der Waals surface area (Å²) in [7, 11) is 5.21. The molecule has 1 amide bonds. The van der Waals surface area contributed by atoms with Crippen LogP contribution in [-0.4, -0.2) is 63.2 Å². The first kappa shape index (κ1) is 21.4. The van der Waals surface area contributed by atoms with Gasteiger partial charge < -0.3 is 20.3 Å². The molecule has 0 aromatic rings. The third-order valence-corrected chi connectivity index (χ3v) is 3.57. The number of carbonyl (C=O) groups is 1. The summed E-state index contributed by atoms with van der Waals surface area (Å²) in [4.78, 5) is 17.3. The van der Waals surface area contributed by atoms with Crippen LogP contribution in [0.4, 0.5) is 0 Å². The lowest BCUT2D eigenvalue weighted by atomic mass is 9.96. The van der Waals surface area contributed by atoms with E-state index in [4.69, 9.17) is 4.74 Å². The van der Waals surface area contributed by atoms with Gasteiger partial charge in [0.1, 0.15) is 0 Å². The monoisotopic (exact) mass is 426 g/mol. The lowest BCUT2D eigenvalue weighted by Crippen LogP contribution is -2.49. The maximum atomic E-state index is 11.6. The van der Waals surface area contributed by atoms with E-state index in [1.165, 1.54) is 0 Å². The van der Waals surface area contributed by atoms with Crippen LogP contribution in [0.5, 0.6) is 0 Å². The van der Waals surface area contributed by atoms with Gasteiger partial charge in [-0.3, -0.25) is 9.79 Å². The topological polar surface area (TPSA) is 66.0 Å². The number of hydrogen-bond donors (Lipinski definition) is 2. The molecule has 1 saturated heterocycles. The van der Waals surface area contributed by atoms with Crippen LogP contribution in [0.3, 0.4) is 0 Å². The second-order valence-electron chi connectivity index (χ2n) is 6.20. The van der Waals surface area contributed by atoms with Crippen LogP contribution in [0, 0.1) is 5.92 Å². The van der Waals surface area contributed by atoms with E-state index in [2.05, 4.69) is 29.5 Å². The Kier molecular flexibility index (Phi) is 10.8. The Morgan fingerprint density at radius 3 is 2.64 bits per heavy atom. The molecule has 0 radical (unpaired) electrons. The molecule has 22 heavy (non-hydrogen) atoms. The molecule has 1 aliphatic heterocycles. The summed E-state index contributed by atoms with van der Waals surface area (Å²) in [5.41, 5.74) is 0. The molecule has 1 heterocycles. The first-order valence-corrected chi connectivity index (χ1v) is 7.71. The standard InChI is InChI=1S/C15H30N4O2.HI/c1-11(2)8-13-9-12(6-7-21-13)18-15(16-3)17-10-14(20)19(4)5;/h11-13H,6-10H2,1-5H3,(H2,16,17,18);1H. The zero-order valence-electron chi connectivity index (χ0n) is 14.4. The van der Waals surface area contributed by atoms with E-state index >= 15 is 0 Å². The molecule has 1 rings (SSSR count). The van der Waals surface area contributed by atoms with E-state index in [1.807, 2.05) is 0 Å². The Bertz CT molecular complexity index is 361. The van der Waals surface area contributed by atoms with Gasteiger partial charge >= 0.3 is 0 Å². The zero-order valence-corrected chi connectivity index (χ0v) is 16.7. The highest BCUT2D eigenvalue weighted by Crippen LogP contribution is 2.19. The minimum atomic E-state index is 0. The van der Waals surface area contributed by atoms with Crippen LogP contribution in [0.25, 0.3) is 0 Å². The molecule has 0 aromatic heterocycles. The highest BCUT2D eigenvalue weighted by Gasteiger charge is 2.24. The maximum absolute atomic E-state index is 11.6. The smallest absolute Gasteiger partial charge is 0.241 e. The molecule has 0 saturated carbocycles. The molecule has 130 valence electrons. The van der Waals surface area contributed by atoms with Crippen molar-refractivity contribution in [1.29, 1.82) is 0 Å². The number of guanidine groups is 1. The Morgan fingerprint density at radius 2 is 2.09 bits per heavy atom. The summed E-state index contributed by atoms with van der Waals surface area (Å²) in [6, 6.07) is 0.350. The van der Waals surface area contributed by atoms with Crippen LogP contribution in [0.15, 0.2) is 4.99 Å². The molecule has 0 aliphatic carbocycles. The SMILES string of the molecule is CN=C(NCC(=O)N(C)C)NC1CCOC(CC(C)C)C1.I. The fraction of sp³-hybridized carbons (Fsp3) is 0.867. The number of halogens is 1. The summed E-state index contributed by atoms with van der Waals surface area (Å²) in [5, 5.41) is 6.45. The van der Waals surface area contributed by atoms with Crippen molar-refractivity contribution in [3.05, 3.63) is 0 Å². The van der Waals surface area contributed by atoms with E-state index < -0.39 is 0 Å². The highest BCUT2D eigenvalue weighted by atomic mass is 127. The van der Waals surface area contributed by atoms with Gasteiger partial charge in [-0.15, -0.1) is 24.0 Å². The van der Waals surface area contributed by atoms with Crippen molar-refractivity contribution in [2.24, 2.45) is 10.9 Å². The van der Waals surface area contributed by atoms with Crippen LogP contribution in [0.2, 0.25) is 0 Å². The molecule has 2 N–H and O–H groups in total. The number of aliphatic imine (C=N–C) groups is 1. The summed E-state index contributed by atoms with van der Waals surface area (Å²) in [5.74, 6) is 1.35. The minimum Gasteiger partial charge on any atom is -0.378 e. The van der Waals surface area contributed by atoms with E-state index in [0.717, 1.165) is 25.9 Å². The fourth-order valence-electron chi connectivity index (χ4n) is 2.41. The predicted octanol–water partition coefficient (Wildman–Crippen LogP) is 1.45. The van der Waals surface area contributed by atoms with Crippen LogP contribution >= 0.6 is 24.0 Å². The molecule has 1 fully saturated rings. The molecule has 2 unspecified atom stereocenters. The number of amides is 1. The maximum Gasteiger partial charge on any atom is 0.241 e. The molecule has 0 spiro atoms.